The van der Waals surface area contributed by atoms with E-state index in [9.17, 15) is 13.6 Å². The molecular weight excluding hydrogens is 348 g/mol. The van der Waals surface area contributed by atoms with Crippen LogP contribution in [0.5, 0.6) is 5.75 Å². The van der Waals surface area contributed by atoms with E-state index in [1.165, 1.54) is 4.90 Å². The zero-order valence-corrected chi connectivity index (χ0v) is 13.5. The van der Waals surface area contributed by atoms with Gasteiger partial charge in [0.05, 0.1) is 17.6 Å². The fourth-order valence-corrected chi connectivity index (χ4v) is 2.17. The van der Waals surface area contributed by atoms with E-state index in [1.54, 1.807) is 20.8 Å². The van der Waals surface area contributed by atoms with E-state index in [1.807, 2.05) is 0 Å². The number of amides is 1. The number of benzene rings is 1. The van der Waals surface area contributed by atoms with E-state index in [0.29, 0.717) is 17.6 Å². The third-order valence-corrected chi connectivity index (χ3v) is 3.39. The Morgan fingerprint density at radius 3 is 2.43 bits per heavy atom. The van der Waals surface area contributed by atoms with Gasteiger partial charge in [-0.2, -0.15) is 0 Å². The molecule has 1 aliphatic rings. The normalized spacial score (nSPS) is 15.6. The maximum Gasteiger partial charge on any atom is 0.410 e. The Kier molecular flexibility index (Phi) is 4.41. The number of ether oxygens (including phenoxy) is 2. The van der Waals surface area contributed by atoms with Crippen molar-refractivity contribution in [3.8, 4) is 5.75 Å². The van der Waals surface area contributed by atoms with Gasteiger partial charge < -0.3 is 14.4 Å². The third kappa shape index (κ3) is 4.06. The van der Waals surface area contributed by atoms with Crippen LogP contribution in [0.25, 0.3) is 0 Å². The molecule has 1 aliphatic heterocycles. The predicted octanol–water partition coefficient (Wildman–Crippen LogP) is 3.73. The molecule has 0 saturated carbocycles. The van der Waals surface area contributed by atoms with E-state index in [0.717, 1.165) is 12.1 Å². The molecule has 4 nitrogen and oxygen atoms in total. The smallest absolute Gasteiger partial charge is 0.410 e. The summed E-state index contributed by atoms with van der Waals surface area (Å²) in [6, 6.07) is 1.99. The highest BCUT2D eigenvalue weighted by Gasteiger charge is 2.35. The van der Waals surface area contributed by atoms with Crippen molar-refractivity contribution in [1.82, 2.24) is 4.90 Å². The van der Waals surface area contributed by atoms with Gasteiger partial charge in [-0.25, -0.2) is 13.6 Å². The molecule has 0 aromatic heterocycles. The lowest BCUT2D eigenvalue weighted by Gasteiger charge is -2.39. The number of halogens is 3. The standard InChI is InChI=1S/C14H16BrF2NO3/c1-14(2,3)21-13(19)18-6-8(7-18)20-12-5-11(17)10(16)4-9(12)15/h4-5,8H,6-7H2,1-3H3. The molecule has 1 aromatic carbocycles. The Morgan fingerprint density at radius 2 is 1.86 bits per heavy atom. The first kappa shape index (κ1) is 16.0. The van der Waals surface area contributed by atoms with Crippen LogP contribution in [0, 0.1) is 11.6 Å². The Balaban J connectivity index is 1.89. The summed E-state index contributed by atoms with van der Waals surface area (Å²) in [7, 11) is 0. The van der Waals surface area contributed by atoms with Crippen LogP contribution in [0.3, 0.4) is 0 Å². The molecule has 1 fully saturated rings. The van der Waals surface area contributed by atoms with E-state index < -0.39 is 23.3 Å². The minimum absolute atomic E-state index is 0.211. The number of hydrogen-bond acceptors (Lipinski definition) is 3. The molecule has 0 bridgehead atoms. The molecule has 0 spiro atoms. The molecule has 0 radical (unpaired) electrons. The summed E-state index contributed by atoms with van der Waals surface area (Å²) in [5, 5.41) is 0. The molecule has 0 atom stereocenters. The second-order valence-corrected chi connectivity index (χ2v) is 6.68. The summed E-state index contributed by atoms with van der Waals surface area (Å²) in [5.41, 5.74) is -0.549. The van der Waals surface area contributed by atoms with Gasteiger partial charge in [0.15, 0.2) is 11.6 Å². The van der Waals surface area contributed by atoms with Gasteiger partial charge in [-0.3, -0.25) is 0 Å². The van der Waals surface area contributed by atoms with Crippen molar-refractivity contribution in [2.75, 3.05) is 13.1 Å². The summed E-state index contributed by atoms with van der Waals surface area (Å²) in [4.78, 5) is 13.2. The fraction of sp³-hybridized carbons (Fsp3) is 0.500. The number of carbonyl (C=O) groups excluding carboxylic acids is 1. The number of likely N-dealkylation sites (tertiary alicyclic amines) is 1. The predicted molar refractivity (Wildman–Crippen MR) is 76.3 cm³/mol. The van der Waals surface area contributed by atoms with E-state index in [2.05, 4.69) is 15.9 Å². The lowest BCUT2D eigenvalue weighted by atomic mass is 10.1. The summed E-state index contributed by atoms with van der Waals surface area (Å²) >= 11 is 3.11. The molecule has 0 aliphatic carbocycles. The van der Waals surface area contributed by atoms with Crippen molar-refractivity contribution in [3.63, 3.8) is 0 Å². The van der Waals surface area contributed by atoms with Crippen molar-refractivity contribution in [2.24, 2.45) is 0 Å². The van der Waals surface area contributed by atoms with E-state index in [-0.39, 0.29) is 11.9 Å². The lowest BCUT2D eigenvalue weighted by Crippen LogP contribution is -2.57. The molecule has 1 heterocycles. The monoisotopic (exact) mass is 363 g/mol. The Labute approximate surface area is 130 Å². The van der Waals surface area contributed by atoms with Gasteiger partial charge in [-0.1, -0.05) is 0 Å². The SMILES string of the molecule is CC(C)(C)OC(=O)N1CC(Oc2cc(F)c(F)cc2Br)C1. The molecule has 2 rings (SSSR count). The maximum atomic E-state index is 13.2. The van der Waals surface area contributed by atoms with Gasteiger partial charge in [0, 0.05) is 6.07 Å². The molecule has 7 heteroatoms. The van der Waals surface area contributed by atoms with Crippen LogP contribution in [-0.2, 0) is 4.74 Å². The highest BCUT2D eigenvalue weighted by molar-refractivity contribution is 9.10. The summed E-state index contributed by atoms with van der Waals surface area (Å²) in [6.07, 6.45) is -0.676. The Hall–Kier alpha value is -1.37. The first-order chi connectivity index (χ1) is 9.65. The molecule has 116 valence electrons. The molecular formula is C14H16BrF2NO3. The van der Waals surface area contributed by atoms with Crippen molar-refractivity contribution >= 4 is 22.0 Å². The number of rotatable bonds is 2. The highest BCUT2D eigenvalue weighted by Crippen LogP contribution is 2.30. The van der Waals surface area contributed by atoms with E-state index >= 15 is 0 Å². The number of nitrogens with zero attached hydrogens (tertiary/aromatic N) is 1. The van der Waals surface area contributed by atoms with Gasteiger partial charge >= 0.3 is 6.09 Å². The van der Waals surface area contributed by atoms with Crippen LogP contribution in [0.2, 0.25) is 0 Å². The van der Waals surface area contributed by atoms with Crippen LogP contribution in [-0.4, -0.2) is 35.8 Å². The minimum Gasteiger partial charge on any atom is -0.485 e. The Bertz CT molecular complexity index is 554. The van der Waals surface area contributed by atoms with Crippen molar-refractivity contribution in [1.29, 1.82) is 0 Å². The summed E-state index contributed by atoms with van der Waals surface area (Å²) in [6.45, 7) is 6.06. The number of carbonyl (C=O) groups is 1. The van der Waals surface area contributed by atoms with Crippen LogP contribution < -0.4 is 4.74 Å². The highest BCUT2D eigenvalue weighted by atomic mass is 79.9. The second-order valence-electron chi connectivity index (χ2n) is 5.82. The quantitative estimate of drug-likeness (QED) is 0.751. The largest absolute Gasteiger partial charge is 0.485 e. The van der Waals surface area contributed by atoms with Gasteiger partial charge in [0.1, 0.15) is 17.5 Å². The molecule has 21 heavy (non-hydrogen) atoms. The molecule has 1 amide bonds. The van der Waals surface area contributed by atoms with Gasteiger partial charge in [0.2, 0.25) is 0 Å². The minimum atomic E-state index is -0.975. The van der Waals surface area contributed by atoms with Crippen LogP contribution >= 0.6 is 15.9 Å². The first-order valence-corrected chi connectivity index (χ1v) is 7.24. The summed E-state index contributed by atoms with van der Waals surface area (Å²) in [5.74, 6) is -1.71. The zero-order chi connectivity index (χ0) is 15.8. The van der Waals surface area contributed by atoms with Gasteiger partial charge in [-0.05, 0) is 42.8 Å². The van der Waals surface area contributed by atoms with Crippen molar-refractivity contribution in [3.05, 3.63) is 28.2 Å². The fourth-order valence-electron chi connectivity index (χ4n) is 1.76. The van der Waals surface area contributed by atoms with Crippen molar-refractivity contribution in [2.45, 2.75) is 32.5 Å². The second kappa shape index (κ2) is 5.79. The molecule has 1 aromatic rings. The van der Waals surface area contributed by atoms with Crippen LogP contribution in [0.4, 0.5) is 13.6 Å². The average Bonchev–Trinajstić information content (AvgIpc) is 2.26. The molecule has 1 saturated heterocycles. The average molecular weight is 364 g/mol. The summed E-state index contributed by atoms with van der Waals surface area (Å²) < 4.78 is 37.2. The topological polar surface area (TPSA) is 38.8 Å². The van der Waals surface area contributed by atoms with Crippen LogP contribution in [0.1, 0.15) is 20.8 Å². The van der Waals surface area contributed by atoms with Gasteiger partial charge in [-0.15, -0.1) is 0 Å². The van der Waals surface area contributed by atoms with E-state index in [4.69, 9.17) is 9.47 Å². The lowest BCUT2D eigenvalue weighted by molar-refractivity contribution is -0.0224. The zero-order valence-electron chi connectivity index (χ0n) is 12.0. The number of hydrogen-bond donors (Lipinski definition) is 0. The Morgan fingerprint density at radius 1 is 1.29 bits per heavy atom. The third-order valence-electron chi connectivity index (χ3n) is 2.77. The van der Waals surface area contributed by atoms with Crippen LogP contribution in [0.15, 0.2) is 16.6 Å². The molecule has 0 unspecified atom stereocenters. The molecule has 0 N–H and O–H groups in total. The van der Waals surface area contributed by atoms with Crippen molar-refractivity contribution < 1.29 is 23.0 Å². The first-order valence-electron chi connectivity index (χ1n) is 6.45. The van der Waals surface area contributed by atoms with Gasteiger partial charge in [0.25, 0.3) is 0 Å². The maximum absolute atomic E-state index is 13.2.